The zero-order valence-corrected chi connectivity index (χ0v) is 8.54. The number of aliphatic hydroxyl groups excluding tert-OH is 1. The summed E-state index contributed by atoms with van der Waals surface area (Å²) in [6, 6.07) is 0.0231. The van der Waals surface area contributed by atoms with E-state index < -0.39 is 0 Å². The Morgan fingerprint density at radius 3 is 2.57 bits per heavy atom. The molecule has 2 fully saturated rings. The monoisotopic (exact) mass is 197 g/mol. The Labute approximate surface area is 84.9 Å². The molecule has 0 aliphatic heterocycles. The molecule has 0 spiro atoms. The normalized spacial score (nSPS) is 32.6. The topological polar surface area (TPSA) is 49.3 Å². The van der Waals surface area contributed by atoms with E-state index in [1.807, 2.05) is 0 Å². The van der Waals surface area contributed by atoms with Gasteiger partial charge in [-0.1, -0.05) is 12.8 Å². The number of carbonyl (C=O) groups is 1. The third-order valence-electron chi connectivity index (χ3n) is 3.25. The summed E-state index contributed by atoms with van der Waals surface area (Å²) in [7, 11) is 0. The minimum atomic E-state index is -0.313. The lowest BCUT2D eigenvalue weighted by molar-refractivity contribution is -0.123. The minimum Gasteiger partial charge on any atom is -0.391 e. The van der Waals surface area contributed by atoms with Crippen LogP contribution in [0.15, 0.2) is 0 Å². The molecule has 0 heterocycles. The molecule has 80 valence electrons. The Bertz CT molecular complexity index is 213. The van der Waals surface area contributed by atoms with Crippen molar-refractivity contribution in [2.45, 2.75) is 57.1 Å². The first-order chi connectivity index (χ1) is 6.75. The van der Waals surface area contributed by atoms with Crippen molar-refractivity contribution in [3.8, 4) is 0 Å². The van der Waals surface area contributed by atoms with Crippen LogP contribution in [0.5, 0.6) is 0 Å². The molecular formula is C11H19NO2. The fourth-order valence-corrected chi connectivity index (χ4v) is 2.13. The highest BCUT2D eigenvalue weighted by Gasteiger charge is 2.28. The predicted octanol–water partition coefficient (Wildman–Crippen LogP) is 1.21. The second-order valence-corrected chi connectivity index (χ2v) is 4.67. The summed E-state index contributed by atoms with van der Waals surface area (Å²) in [6.45, 7) is 0. The van der Waals surface area contributed by atoms with Crippen LogP contribution in [0.3, 0.4) is 0 Å². The van der Waals surface area contributed by atoms with Crippen molar-refractivity contribution in [1.82, 2.24) is 5.32 Å². The first-order valence-corrected chi connectivity index (χ1v) is 5.73. The van der Waals surface area contributed by atoms with Gasteiger partial charge >= 0.3 is 0 Å². The fourth-order valence-electron chi connectivity index (χ4n) is 2.13. The lowest BCUT2D eigenvalue weighted by Crippen LogP contribution is -2.45. The number of aliphatic hydroxyl groups is 1. The van der Waals surface area contributed by atoms with Gasteiger partial charge in [-0.25, -0.2) is 0 Å². The van der Waals surface area contributed by atoms with Gasteiger partial charge in [0.2, 0.25) is 5.91 Å². The first kappa shape index (κ1) is 9.97. The molecule has 1 amide bonds. The molecule has 0 unspecified atom stereocenters. The van der Waals surface area contributed by atoms with Crippen molar-refractivity contribution in [2.24, 2.45) is 5.92 Å². The Morgan fingerprint density at radius 2 is 1.93 bits per heavy atom. The van der Waals surface area contributed by atoms with Crippen molar-refractivity contribution < 1.29 is 9.90 Å². The van der Waals surface area contributed by atoms with Gasteiger partial charge in [0.25, 0.3) is 0 Å². The smallest absolute Gasteiger partial charge is 0.220 e. The third-order valence-corrected chi connectivity index (χ3v) is 3.25. The molecule has 2 saturated carbocycles. The maximum absolute atomic E-state index is 11.5. The van der Waals surface area contributed by atoms with Gasteiger partial charge in [-0.15, -0.1) is 0 Å². The highest BCUT2D eigenvalue weighted by molar-refractivity contribution is 5.76. The van der Waals surface area contributed by atoms with Crippen LogP contribution in [0, 0.1) is 5.92 Å². The molecule has 0 aromatic rings. The van der Waals surface area contributed by atoms with Gasteiger partial charge in [0.15, 0.2) is 0 Å². The van der Waals surface area contributed by atoms with Gasteiger partial charge in [-0.2, -0.15) is 0 Å². The molecule has 0 aromatic heterocycles. The molecule has 2 atom stereocenters. The third kappa shape index (κ3) is 2.71. The van der Waals surface area contributed by atoms with Crippen molar-refractivity contribution >= 4 is 5.91 Å². The maximum atomic E-state index is 11.5. The van der Waals surface area contributed by atoms with Crippen molar-refractivity contribution in [3.63, 3.8) is 0 Å². The Balaban J connectivity index is 1.73. The quantitative estimate of drug-likeness (QED) is 0.714. The number of carbonyl (C=O) groups excluding carboxylic acids is 1. The lowest BCUT2D eigenvalue weighted by Gasteiger charge is -2.28. The number of amides is 1. The second-order valence-electron chi connectivity index (χ2n) is 4.67. The molecule has 2 rings (SSSR count). The molecule has 0 aromatic carbocycles. The van der Waals surface area contributed by atoms with Crippen LogP contribution in [0.2, 0.25) is 0 Å². The van der Waals surface area contributed by atoms with E-state index in [1.54, 1.807) is 0 Å². The van der Waals surface area contributed by atoms with E-state index in [2.05, 4.69) is 5.32 Å². The number of hydrogen-bond donors (Lipinski definition) is 2. The first-order valence-electron chi connectivity index (χ1n) is 5.73. The average Bonchev–Trinajstić information content (AvgIpc) is 2.93. The van der Waals surface area contributed by atoms with Crippen molar-refractivity contribution in [1.29, 1.82) is 0 Å². The van der Waals surface area contributed by atoms with Crippen LogP contribution in [0.25, 0.3) is 0 Å². The molecule has 3 nitrogen and oxygen atoms in total. The molecular weight excluding hydrogens is 178 g/mol. The summed E-state index contributed by atoms with van der Waals surface area (Å²) in [4.78, 5) is 11.5. The van der Waals surface area contributed by atoms with Crippen LogP contribution in [-0.4, -0.2) is 23.2 Å². The summed E-state index contributed by atoms with van der Waals surface area (Å²) < 4.78 is 0. The standard InChI is InChI=1S/C11H19NO2/c13-10-4-2-1-3-9(10)12-11(14)7-8-5-6-8/h8-10,13H,1-7H2,(H,12,14)/t9-,10-/m1/s1. The van der Waals surface area contributed by atoms with Crippen molar-refractivity contribution in [2.75, 3.05) is 0 Å². The van der Waals surface area contributed by atoms with Crippen LogP contribution in [-0.2, 0) is 4.79 Å². The van der Waals surface area contributed by atoms with Crippen LogP contribution >= 0.6 is 0 Å². The SMILES string of the molecule is O=C(CC1CC1)N[C@@H]1CCCC[C@H]1O. The van der Waals surface area contributed by atoms with Gasteiger partial charge in [0.05, 0.1) is 12.1 Å². The van der Waals surface area contributed by atoms with Crippen LogP contribution < -0.4 is 5.32 Å². The minimum absolute atomic E-state index is 0.0231. The molecule has 14 heavy (non-hydrogen) atoms. The van der Waals surface area contributed by atoms with Crippen molar-refractivity contribution in [3.05, 3.63) is 0 Å². The Kier molecular flexibility index (Phi) is 3.06. The second kappa shape index (κ2) is 4.30. The van der Waals surface area contributed by atoms with Crippen LogP contribution in [0.1, 0.15) is 44.9 Å². The number of rotatable bonds is 3. The Hall–Kier alpha value is -0.570. The fraction of sp³-hybridized carbons (Fsp3) is 0.909. The van der Waals surface area contributed by atoms with E-state index in [9.17, 15) is 9.90 Å². The molecule has 2 aliphatic carbocycles. The van der Waals surface area contributed by atoms with E-state index >= 15 is 0 Å². The zero-order valence-electron chi connectivity index (χ0n) is 8.54. The van der Waals surface area contributed by atoms with Gasteiger partial charge < -0.3 is 10.4 Å². The molecule has 2 aliphatic rings. The lowest BCUT2D eigenvalue weighted by atomic mass is 9.92. The van der Waals surface area contributed by atoms with E-state index in [-0.39, 0.29) is 18.1 Å². The number of nitrogens with one attached hydrogen (secondary N) is 1. The molecule has 0 radical (unpaired) electrons. The van der Waals surface area contributed by atoms with E-state index in [0.717, 1.165) is 25.7 Å². The molecule has 3 heteroatoms. The van der Waals surface area contributed by atoms with Gasteiger partial charge in [0, 0.05) is 6.42 Å². The summed E-state index contributed by atoms with van der Waals surface area (Å²) >= 11 is 0. The van der Waals surface area contributed by atoms with E-state index in [4.69, 9.17) is 0 Å². The summed E-state index contributed by atoms with van der Waals surface area (Å²) in [5.74, 6) is 0.772. The largest absolute Gasteiger partial charge is 0.391 e. The molecule has 0 saturated heterocycles. The zero-order chi connectivity index (χ0) is 9.97. The Morgan fingerprint density at radius 1 is 1.21 bits per heavy atom. The number of hydrogen-bond acceptors (Lipinski definition) is 2. The molecule has 2 N–H and O–H groups in total. The van der Waals surface area contributed by atoms with E-state index in [1.165, 1.54) is 12.8 Å². The van der Waals surface area contributed by atoms with Gasteiger partial charge in [0.1, 0.15) is 0 Å². The summed E-state index contributed by atoms with van der Waals surface area (Å²) in [5, 5.41) is 12.6. The molecule has 0 bridgehead atoms. The van der Waals surface area contributed by atoms with Crippen LogP contribution in [0.4, 0.5) is 0 Å². The highest BCUT2D eigenvalue weighted by atomic mass is 16.3. The van der Waals surface area contributed by atoms with Gasteiger partial charge in [-0.05, 0) is 31.6 Å². The predicted molar refractivity (Wildman–Crippen MR) is 53.7 cm³/mol. The van der Waals surface area contributed by atoms with Gasteiger partial charge in [-0.3, -0.25) is 4.79 Å². The maximum Gasteiger partial charge on any atom is 0.220 e. The average molecular weight is 197 g/mol. The highest BCUT2D eigenvalue weighted by Crippen LogP contribution is 2.32. The summed E-state index contributed by atoms with van der Waals surface area (Å²) in [6.07, 6.45) is 6.78. The van der Waals surface area contributed by atoms with E-state index in [0.29, 0.717) is 12.3 Å². The summed E-state index contributed by atoms with van der Waals surface area (Å²) in [5.41, 5.74) is 0.